The molecule has 2 amide bonds. The summed E-state index contributed by atoms with van der Waals surface area (Å²) in [5.41, 5.74) is -1.13. The molecule has 0 aromatic heterocycles. The van der Waals surface area contributed by atoms with Gasteiger partial charge < -0.3 is 20.4 Å². The van der Waals surface area contributed by atoms with Gasteiger partial charge in [0.2, 0.25) is 0 Å². The second-order valence-electron chi connectivity index (χ2n) is 3.22. The van der Waals surface area contributed by atoms with Gasteiger partial charge in [-0.15, -0.1) is 0 Å². The number of aliphatic carboxylic acids is 2. The van der Waals surface area contributed by atoms with E-state index in [2.05, 4.69) is 9.98 Å². The summed E-state index contributed by atoms with van der Waals surface area (Å²) in [6, 6.07) is 0. The molecule has 0 atom stereocenters. The molecule has 2 heterocycles. The smallest absolute Gasteiger partial charge is 0.868 e. The Balaban J connectivity index is 0.000000364. The van der Waals surface area contributed by atoms with Crippen molar-refractivity contribution in [2.75, 3.05) is 0 Å². The molecule has 104 valence electrons. The molecule has 2 aliphatic rings. The zero-order chi connectivity index (χ0) is 15.4. The fourth-order valence-corrected chi connectivity index (χ4v) is 1.02. The largest absolute Gasteiger partial charge is 2.00 e. The van der Waals surface area contributed by atoms with Crippen LogP contribution >= 0.6 is 0 Å². The molecule has 0 spiro atoms. The zero-order valence-corrected chi connectivity index (χ0v) is 13.1. The SMILES string of the molecule is O=C(O)C1=C([O-])C(=O)N=C1.O=C(O)C1=C([O-])C(=O)N=C1.[Zn+2]. The van der Waals surface area contributed by atoms with Gasteiger partial charge >= 0.3 is 31.4 Å². The van der Waals surface area contributed by atoms with E-state index in [9.17, 15) is 29.4 Å². The van der Waals surface area contributed by atoms with Crippen molar-refractivity contribution < 1.29 is 59.1 Å². The summed E-state index contributed by atoms with van der Waals surface area (Å²) in [7, 11) is 0. The van der Waals surface area contributed by atoms with E-state index < -0.39 is 46.4 Å². The molecule has 0 radical (unpaired) electrons. The summed E-state index contributed by atoms with van der Waals surface area (Å²) >= 11 is 0. The number of carboxylic acids is 2. The first-order valence-electron chi connectivity index (χ1n) is 4.71. The Bertz CT molecular complexity index is 587. The van der Waals surface area contributed by atoms with Crippen LogP contribution in [0.3, 0.4) is 0 Å². The maximum Gasteiger partial charge on any atom is 2.00 e. The van der Waals surface area contributed by atoms with E-state index in [1.165, 1.54) is 0 Å². The molecule has 0 bridgehead atoms. The van der Waals surface area contributed by atoms with Gasteiger partial charge in [-0.25, -0.2) is 19.6 Å². The van der Waals surface area contributed by atoms with Crippen LogP contribution in [0.25, 0.3) is 0 Å². The van der Waals surface area contributed by atoms with E-state index in [-0.39, 0.29) is 19.5 Å². The number of nitrogens with zero attached hydrogens (tertiary/aromatic N) is 2. The predicted octanol–water partition coefficient (Wildman–Crippen LogP) is -3.41. The summed E-state index contributed by atoms with van der Waals surface area (Å²) in [6.07, 6.45) is 1.51. The fourth-order valence-electron chi connectivity index (χ4n) is 1.02. The number of aliphatic imine (C=N–C) groups is 2. The van der Waals surface area contributed by atoms with Crippen molar-refractivity contribution in [3.63, 3.8) is 0 Å². The molecule has 10 nitrogen and oxygen atoms in total. The first-order chi connectivity index (χ1) is 9.25. The first-order valence-corrected chi connectivity index (χ1v) is 4.71. The summed E-state index contributed by atoms with van der Waals surface area (Å²) in [6.45, 7) is 0. The predicted molar refractivity (Wildman–Crippen MR) is 56.3 cm³/mol. The van der Waals surface area contributed by atoms with Crippen molar-refractivity contribution in [2.45, 2.75) is 0 Å². The molecule has 2 aliphatic heterocycles. The first kappa shape index (κ1) is 18.3. The average molecular weight is 346 g/mol. The molecular weight excluding hydrogens is 342 g/mol. The monoisotopic (exact) mass is 344 g/mol. The standard InChI is InChI=1S/2C5H3NO4.Zn/c2*7-3-2(5(9)10)1-6-4(3)8;/h2*1H,(H,9,10)(H,6,7,8);/q;;+2/p-2. The molecule has 11 heteroatoms. The Hall–Kier alpha value is -2.68. The minimum absolute atomic E-state index is 0. The number of carboxylic acid groups (broad SMARTS) is 2. The van der Waals surface area contributed by atoms with Crippen molar-refractivity contribution >= 4 is 36.2 Å². The number of hydrogen-bond donors (Lipinski definition) is 2. The number of rotatable bonds is 2. The van der Waals surface area contributed by atoms with E-state index in [1.54, 1.807) is 0 Å². The molecule has 0 saturated heterocycles. The van der Waals surface area contributed by atoms with E-state index in [1.807, 2.05) is 0 Å². The van der Waals surface area contributed by atoms with Crippen molar-refractivity contribution in [1.29, 1.82) is 0 Å². The molecule has 0 unspecified atom stereocenters. The van der Waals surface area contributed by atoms with Crippen molar-refractivity contribution in [1.82, 2.24) is 0 Å². The quantitative estimate of drug-likeness (QED) is 0.485. The Morgan fingerprint density at radius 2 is 1.14 bits per heavy atom. The summed E-state index contributed by atoms with van der Waals surface area (Å²) in [5, 5.41) is 37.3. The Kier molecular flexibility index (Phi) is 6.28. The van der Waals surface area contributed by atoms with Crippen LogP contribution < -0.4 is 10.2 Å². The van der Waals surface area contributed by atoms with E-state index in [0.717, 1.165) is 12.4 Å². The Morgan fingerprint density at radius 3 is 1.24 bits per heavy atom. The second-order valence-corrected chi connectivity index (χ2v) is 3.22. The van der Waals surface area contributed by atoms with Gasteiger partial charge in [0.1, 0.15) is 0 Å². The number of carbonyl (C=O) groups excluding carboxylic acids is 2. The van der Waals surface area contributed by atoms with Crippen LogP contribution in [-0.2, 0) is 38.7 Å². The molecule has 0 fully saturated rings. The van der Waals surface area contributed by atoms with Crippen LogP contribution in [0.2, 0.25) is 0 Å². The molecule has 0 aromatic carbocycles. The maximum atomic E-state index is 10.5. The van der Waals surface area contributed by atoms with Gasteiger partial charge in [-0.3, -0.25) is 9.59 Å². The third kappa shape index (κ3) is 4.15. The third-order valence-corrected chi connectivity index (χ3v) is 1.96. The third-order valence-electron chi connectivity index (χ3n) is 1.96. The van der Waals surface area contributed by atoms with Crippen LogP contribution in [0, 0.1) is 0 Å². The van der Waals surface area contributed by atoms with Crippen molar-refractivity contribution in [3.05, 3.63) is 22.7 Å². The molecule has 2 N–H and O–H groups in total. The van der Waals surface area contributed by atoms with Gasteiger partial charge in [0.05, 0.1) is 11.1 Å². The second kappa shape index (κ2) is 7.20. The molecule has 0 aromatic rings. The van der Waals surface area contributed by atoms with Gasteiger partial charge in [-0.05, 0) is 11.5 Å². The Labute approximate surface area is 128 Å². The number of hydrogen-bond acceptors (Lipinski definition) is 6. The van der Waals surface area contributed by atoms with Gasteiger partial charge in [0.15, 0.2) is 0 Å². The van der Waals surface area contributed by atoms with Gasteiger partial charge in [-0.2, -0.15) is 0 Å². The zero-order valence-electron chi connectivity index (χ0n) is 10.1. The van der Waals surface area contributed by atoms with Crippen LogP contribution in [0.15, 0.2) is 32.6 Å². The molecular formula is C10H4N2O8Zn. The van der Waals surface area contributed by atoms with Crippen LogP contribution in [0.4, 0.5) is 0 Å². The molecule has 2 rings (SSSR count). The molecule has 0 aliphatic carbocycles. The van der Waals surface area contributed by atoms with Crippen molar-refractivity contribution in [3.8, 4) is 0 Å². The van der Waals surface area contributed by atoms with Crippen LogP contribution in [0.5, 0.6) is 0 Å². The maximum absolute atomic E-state index is 10.5. The molecule has 0 saturated carbocycles. The average Bonchev–Trinajstić information content (AvgIpc) is 2.86. The van der Waals surface area contributed by atoms with E-state index in [4.69, 9.17) is 10.2 Å². The normalized spacial score (nSPS) is 15.8. The Morgan fingerprint density at radius 1 is 0.857 bits per heavy atom. The van der Waals surface area contributed by atoms with Crippen LogP contribution in [-0.4, -0.2) is 46.4 Å². The fraction of sp³-hybridized carbons (Fsp3) is 0. The minimum Gasteiger partial charge on any atom is -0.868 e. The van der Waals surface area contributed by atoms with Gasteiger partial charge in [0.25, 0.3) is 11.8 Å². The summed E-state index contributed by atoms with van der Waals surface area (Å²) < 4.78 is 0. The summed E-state index contributed by atoms with van der Waals surface area (Å²) in [5.74, 6) is -6.96. The van der Waals surface area contributed by atoms with Crippen LogP contribution in [0.1, 0.15) is 0 Å². The topological polar surface area (TPSA) is 180 Å². The minimum atomic E-state index is -1.42. The van der Waals surface area contributed by atoms with Gasteiger partial charge in [-0.1, -0.05) is 0 Å². The van der Waals surface area contributed by atoms with Gasteiger partial charge in [0, 0.05) is 12.4 Å². The number of amides is 2. The molecule has 21 heavy (non-hydrogen) atoms. The summed E-state index contributed by atoms with van der Waals surface area (Å²) in [4.78, 5) is 46.6. The number of carbonyl (C=O) groups is 4. The van der Waals surface area contributed by atoms with E-state index in [0.29, 0.717) is 0 Å². The van der Waals surface area contributed by atoms with E-state index >= 15 is 0 Å². The van der Waals surface area contributed by atoms with Crippen molar-refractivity contribution in [2.24, 2.45) is 9.98 Å².